The third-order valence-corrected chi connectivity index (χ3v) is 5.29. The number of nitriles is 1. The summed E-state index contributed by atoms with van der Waals surface area (Å²) >= 11 is 5.93. The molecule has 1 aromatic heterocycles. The number of rotatable bonds is 8. The Morgan fingerprint density at radius 1 is 1.35 bits per heavy atom. The molecule has 1 aliphatic carbocycles. The van der Waals surface area contributed by atoms with Crippen molar-refractivity contribution in [1.82, 2.24) is 25.6 Å². The molecule has 1 fully saturated rings. The number of aromatic nitrogens is 3. The minimum Gasteiger partial charge on any atom is -0.404 e. The van der Waals surface area contributed by atoms with Crippen molar-refractivity contribution in [3.8, 4) is 11.8 Å². The highest BCUT2D eigenvalue weighted by atomic mass is 35.5. The summed E-state index contributed by atoms with van der Waals surface area (Å²) in [7, 11) is 0. The molecule has 34 heavy (non-hydrogen) atoms. The minimum absolute atomic E-state index is 0.0586. The lowest BCUT2D eigenvalue weighted by atomic mass is 9.98. The van der Waals surface area contributed by atoms with Crippen LogP contribution in [0.25, 0.3) is 0 Å². The number of carbonyl (C=O) groups is 2. The minimum atomic E-state index is -4.93. The summed E-state index contributed by atoms with van der Waals surface area (Å²) in [4.78, 5) is 26.6. The van der Waals surface area contributed by atoms with E-state index in [1.165, 1.54) is 23.1 Å². The van der Waals surface area contributed by atoms with Crippen molar-refractivity contribution in [2.75, 3.05) is 0 Å². The van der Waals surface area contributed by atoms with Crippen molar-refractivity contribution in [3.05, 3.63) is 40.7 Å². The second kappa shape index (κ2) is 8.88. The molecule has 13 heteroatoms. The zero-order valence-electron chi connectivity index (χ0n) is 18.5. The number of amides is 1. The first kappa shape index (κ1) is 25.5. The van der Waals surface area contributed by atoms with Gasteiger partial charge in [0, 0.05) is 6.42 Å². The lowest BCUT2D eigenvalue weighted by Crippen LogP contribution is -2.65. The number of nitrogens with one attached hydrogen (secondary N) is 2. The van der Waals surface area contributed by atoms with Gasteiger partial charge in [0.2, 0.25) is 0 Å². The van der Waals surface area contributed by atoms with Gasteiger partial charge in [0.05, 0.1) is 22.8 Å². The Morgan fingerprint density at radius 2 is 2.03 bits per heavy atom. The number of hydrogen-bond acceptors (Lipinski definition) is 7. The van der Waals surface area contributed by atoms with Gasteiger partial charge in [0.15, 0.2) is 17.6 Å². The van der Waals surface area contributed by atoms with Crippen LogP contribution in [0, 0.1) is 11.3 Å². The number of alkyl halides is 3. The molecule has 0 saturated heterocycles. The molecule has 1 atom stereocenters. The van der Waals surface area contributed by atoms with Crippen LogP contribution in [0.1, 0.15) is 49.7 Å². The normalized spacial score (nSPS) is 16.8. The smallest absolute Gasteiger partial charge is 0.404 e. The molecule has 0 spiro atoms. The number of halogens is 4. The third kappa shape index (κ3) is 6.03. The number of benzene rings is 1. The van der Waals surface area contributed by atoms with Gasteiger partial charge in [0.25, 0.3) is 5.91 Å². The van der Waals surface area contributed by atoms with Gasteiger partial charge in [-0.1, -0.05) is 17.7 Å². The third-order valence-electron chi connectivity index (χ3n) is 4.99. The first-order chi connectivity index (χ1) is 15.7. The fourth-order valence-corrected chi connectivity index (χ4v) is 3.42. The van der Waals surface area contributed by atoms with E-state index in [1.54, 1.807) is 0 Å². The Kier molecular flexibility index (Phi) is 6.65. The number of ether oxygens (including phenoxy) is 1. The Hall–Kier alpha value is -3.17. The fraction of sp³-hybridized carbons (Fsp3) is 0.476. The van der Waals surface area contributed by atoms with Crippen molar-refractivity contribution in [2.45, 2.75) is 63.1 Å². The quantitative estimate of drug-likeness (QED) is 0.423. The van der Waals surface area contributed by atoms with E-state index in [0.29, 0.717) is 24.7 Å². The van der Waals surface area contributed by atoms with E-state index in [2.05, 4.69) is 31.6 Å². The van der Waals surface area contributed by atoms with Gasteiger partial charge < -0.3 is 10.1 Å². The van der Waals surface area contributed by atoms with Crippen molar-refractivity contribution < 1.29 is 27.5 Å². The Labute approximate surface area is 198 Å². The van der Waals surface area contributed by atoms with Crippen molar-refractivity contribution in [1.29, 1.82) is 5.26 Å². The summed E-state index contributed by atoms with van der Waals surface area (Å²) in [5.41, 5.74) is -3.04. The van der Waals surface area contributed by atoms with E-state index in [0.717, 1.165) is 6.07 Å². The first-order valence-electron chi connectivity index (χ1n) is 10.2. The lowest BCUT2D eigenvalue weighted by Gasteiger charge is -2.32. The van der Waals surface area contributed by atoms with Crippen LogP contribution in [0.2, 0.25) is 5.02 Å². The van der Waals surface area contributed by atoms with E-state index in [1.807, 2.05) is 20.8 Å². The van der Waals surface area contributed by atoms with Gasteiger partial charge in [-0.25, -0.2) is 0 Å². The monoisotopic (exact) mass is 498 g/mol. The predicted octanol–water partition coefficient (Wildman–Crippen LogP) is 3.10. The maximum absolute atomic E-state index is 12.9. The highest BCUT2D eigenvalue weighted by molar-refractivity contribution is 6.32. The van der Waals surface area contributed by atoms with Crippen LogP contribution in [0.15, 0.2) is 24.4 Å². The summed E-state index contributed by atoms with van der Waals surface area (Å²) in [6.07, 6.45) is -2.56. The summed E-state index contributed by atoms with van der Waals surface area (Å²) < 4.78 is 41.5. The van der Waals surface area contributed by atoms with Gasteiger partial charge in [0.1, 0.15) is 11.3 Å². The fourth-order valence-electron chi connectivity index (χ4n) is 3.18. The molecule has 2 aromatic rings. The van der Waals surface area contributed by atoms with Crippen LogP contribution < -0.4 is 15.4 Å². The van der Waals surface area contributed by atoms with Gasteiger partial charge in [-0.2, -0.15) is 15.2 Å². The molecular formula is C21H22ClF3N6O3. The topological polar surface area (TPSA) is 122 Å². The van der Waals surface area contributed by atoms with Gasteiger partial charge >= 0.3 is 6.36 Å². The summed E-state index contributed by atoms with van der Waals surface area (Å²) in [5.74, 6) is -1.34. The number of hydrogen-bond donors (Lipinski definition) is 2. The SMILES string of the molecule is CC(C)(C)n1ncc(C(=O)N[C@](C=O)(Cc2ccc(OC(F)(F)F)c(Cl)c2)NC2(C#N)CC2)n1. The summed E-state index contributed by atoms with van der Waals surface area (Å²) in [6, 6.07) is 5.56. The van der Waals surface area contributed by atoms with E-state index in [9.17, 15) is 28.0 Å². The molecule has 3 rings (SSSR count). The highest BCUT2D eigenvalue weighted by Crippen LogP contribution is 2.37. The predicted molar refractivity (Wildman–Crippen MR) is 114 cm³/mol. The maximum Gasteiger partial charge on any atom is 0.573 e. The van der Waals surface area contributed by atoms with Crippen molar-refractivity contribution >= 4 is 23.8 Å². The largest absolute Gasteiger partial charge is 0.573 e. The molecule has 1 aromatic carbocycles. The molecule has 0 unspecified atom stereocenters. The molecule has 0 bridgehead atoms. The molecule has 1 amide bonds. The first-order valence-corrected chi connectivity index (χ1v) is 10.5. The van der Waals surface area contributed by atoms with Crippen molar-refractivity contribution in [3.63, 3.8) is 0 Å². The van der Waals surface area contributed by atoms with Crippen LogP contribution >= 0.6 is 11.6 Å². The Bertz CT molecular complexity index is 1130. The van der Waals surface area contributed by atoms with E-state index in [-0.39, 0.29) is 17.1 Å². The van der Waals surface area contributed by atoms with Gasteiger partial charge in [-0.15, -0.1) is 18.3 Å². The van der Waals surface area contributed by atoms with Crippen LogP contribution in [0.3, 0.4) is 0 Å². The van der Waals surface area contributed by atoms with E-state index in [4.69, 9.17) is 11.6 Å². The summed E-state index contributed by atoms with van der Waals surface area (Å²) in [6.45, 7) is 5.52. The van der Waals surface area contributed by atoms with Gasteiger partial charge in [-0.3, -0.25) is 14.9 Å². The van der Waals surface area contributed by atoms with E-state index >= 15 is 0 Å². The average Bonchev–Trinajstić information content (AvgIpc) is 3.29. The zero-order chi connectivity index (χ0) is 25.4. The second-order valence-corrected chi connectivity index (χ2v) is 9.45. The summed E-state index contributed by atoms with van der Waals surface area (Å²) in [5, 5.41) is 22.8. The standard InChI is InChI=1S/C21H22ClF3N6O3/c1-18(2,3)31-27-10-15(29-31)17(33)28-20(12-32,30-19(11-26)6-7-19)9-13-4-5-16(14(22)8-13)34-21(23,24)25/h4-5,8,10,12,30H,6-7,9H2,1-3H3,(H,28,33)/t20-/m1/s1. The molecule has 9 nitrogen and oxygen atoms in total. The molecule has 0 radical (unpaired) electrons. The maximum atomic E-state index is 12.9. The van der Waals surface area contributed by atoms with Crippen LogP contribution in [-0.4, -0.2) is 44.8 Å². The lowest BCUT2D eigenvalue weighted by molar-refractivity contribution is -0.274. The van der Waals surface area contributed by atoms with Crippen molar-refractivity contribution in [2.24, 2.45) is 0 Å². The zero-order valence-corrected chi connectivity index (χ0v) is 19.3. The molecule has 182 valence electrons. The molecule has 1 saturated carbocycles. The molecule has 1 heterocycles. The van der Waals surface area contributed by atoms with Gasteiger partial charge in [-0.05, 0) is 51.3 Å². The Balaban J connectivity index is 1.90. The molecular weight excluding hydrogens is 477 g/mol. The van der Waals surface area contributed by atoms with Crippen LogP contribution in [0.5, 0.6) is 5.75 Å². The van der Waals surface area contributed by atoms with Crippen LogP contribution in [-0.2, 0) is 16.8 Å². The Morgan fingerprint density at radius 3 is 2.50 bits per heavy atom. The number of nitrogens with zero attached hydrogens (tertiary/aromatic N) is 4. The molecule has 0 aliphatic heterocycles. The number of carbonyl (C=O) groups excluding carboxylic acids is 2. The average molecular weight is 499 g/mol. The number of aldehydes is 1. The van der Waals surface area contributed by atoms with E-state index < -0.39 is 34.8 Å². The van der Waals surface area contributed by atoms with Crippen LogP contribution in [0.4, 0.5) is 13.2 Å². The highest BCUT2D eigenvalue weighted by Gasteiger charge is 2.50. The molecule has 1 aliphatic rings. The molecule has 2 N–H and O–H groups in total. The second-order valence-electron chi connectivity index (χ2n) is 9.04.